The van der Waals surface area contributed by atoms with Gasteiger partial charge in [-0.25, -0.2) is 8.42 Å². The van der Waals surface area contributed by atoms with Gasteiger partial charge >= 0.3 is 0 Å². The van der Waals surface area contributed by atoms with Crippen LogP contribution in [0.1, 0.15) is 5.56 Å². The molecule has 4 heteroatoms. The lowest BCUT2D eigenvalue weighted by molar-refractivity contribution is -0.112. The van der Waals surface area contributed by atoms with E-state index >= 15 is 0 Å². The van der Waals surface area contributed by atoms with Crippen molar-refractivity contribution in [2.75, 3.05) is 5.75 Å². The van der Waals surface area contributed by atoms with Crippen molar-refractivity contribution < 1.29 is 13.2 Å². The molecule has 2 rings (SSSR count). The smallest absolute Gasteiger partial charge is 0.185 e. The first-order valence-electron chi connectivity index (χ1n) is 6.12. The van der Waals surface area contributed by atoms with E-state index in [1.807, 2.05) is 30.3 Å². The van der Waals surface area contributed by atoms with E-state index in [1.165, 1.54) is 18.2 Å². The number of allylic oxidation sites excluding steroid dienone is 1. The van der Waals surface area contributed by atoms with Crippen LogP contribution >= 0.6 is 0 Å². The molecule has 0 radical (unpaired) electrons. The Balaban J connectivity index is 2.07. The highest BCUT2D eigenvalue weighted by atomic mass is 32.2. The minimum Gasteiger partial charge on any atom is -0.294 e. The second-order valence-corrected chi connectivity index (χ2v) is 6.27. The molecule has 0 aliphatic rings. The second-order valence-electron chi connectivity index (χ2n) is 4.28. The molecule has 0 aliphatic heterocycles. The zero-order chi connectivity index (χ0) is 14.4. The van der Waals surface area contributed by atoms with Crippen LogP contribution in [0.4, 0.5) is 0 Å². The maximum absolute atomic E-state index is 12.0. The van der Waals surface area contributed by atoms with Crippen molar-refractivity contribution >= 4 is 21.7 Å². The van der Waals surface area contributed by atoms with Gasteiger partial charge in [0.25, 0.3) is 0 Å². The Labute approximate surface area is 118 Å². The van der Waals surface area contributed by atoms with E-state index in [0.29, 0.717) is 0 Å². The summed E-state index contributed by atoms with van der Waals surface area (Å²) in [6.07, 6.45) is 2.92. The Morgan fingerprint density at radius 2 is 1.45 bits per heavy atom. The molecule has 0 aromatic heterocycles. The third-order valence-corrected chi connectivity index (χ3v) is 4.35. The maximum atomic E-state index is 12.0. The van der Waals surface area contributed by atoms with E-state index in [1.54, 1.807) is 24.3 Å². The molecule has 0 saturated carbocycles. The Bertz CT molecular complexity index is 702. The average Bonchev–Trinajstić information content (AvgIpc) is 2.47. The first-order valence-corrected chi connectivity index (χ1v) is 7.77. The average molecular weight is 286 g/mol. The standard InChI is InChI=1S/C16H14O3S/c17-15(12-11-14-7-3-1-4-8-14)13-20(18,19)16-9-5-2-6-10-16/h1-12H,13H2/b12-11+. The Kier molecular flexibility index (Phi) is 4.48. The first kappa shape index (κ1) is 14.2. The van der Waals surface area contributed by atoms with E-state index in [2.05, 4.69) is 0 Å². The van der Waals surface area contributed by atoms with Gasteiger partial charge in [-0.05, 0) is 23.8 Å². The fourth-order valence-electron chi connectivity index (χ4n) is 1.70. The molecule has 0 amide bonds. The first-order chi connectivity index (χ1) is 9.58. The van der Waals surface area contributed by atoms with E-state index in [9.17, 15) is 13.2 Å². The maximum Gasteiger partial charge on any atom is 0.185 e. The van der Waals surface area contributed by atoms with Crippen LogP contribution in [0.3, 0.4) is 0 Å². The number of sulfone groups is 1. The van der Waals surface area contributed by atoms with Crippen LogP contribution in [0.5, 0.6) is 0 Å². The summed E-state index contributed by atoms with van der Waals surface area (Å²) in [4.78, 5) is 11.9. The van der Waals surface area contributed by atoms with Crippen LogP contribution in [0.25, 0.3) is 6.08 Å². The van der Waals surface area contributed by atoms with E-state index in [4.69, 9.17) is 0 Å². The fraction of sp³-hybridized carbons (Fsp3) is 0.0625. The van der Waals surface area contributed by atoms with E-state index < -0.39 is 21.4 Å². The third kappa shape index (κ3) is 3.90. The van der Waals surface area contributed by atoms with Crippen molar-refractivity contribution in [3.05, 3.63) is 72.3 Å². The van der Waals surface area contributed by atoms with Gasteiger partial charge in [-0.3, -0.25) is 4.79 Å². The summed E-state index contributed by atoms with van der Waals surface area (Å²) >= 11 is 0. The molecule has 102 valence electrons. The van der Waals surface area contributed by atoms with Crippen LogP contribution in [0.2, 0.25) is 0 Å². The summed E-state index contributed by atoms with van der Waals surface area (Å²) < 4.78 is 24.0. The largest absolute Gasteiger partial charge is 0.294 e. The molecule has 0 spiro atoms. The summed E-state index contributed by atoms with van der Waals surface area (Å²) in [6.45, 7) is 0. The predicted molar refractivity (Wildman–Crippen MR) is 79.0 cm³/mol. The summed E-state index contributed by atoms with van der Waals surface area (Å²) in [5.74, 6) is -0.946. The van der Waals surface area contributed by atoms with Crippen molar-refractivity contribution in [1.29, 1.82) is 0 Å². The van der Waals surface area contributed by atoms with Crippen LogP contribution in [-0.2, 0) is 14.6 Å². The van der Waals surface area contributed by atoms with Crippen molar-refractivity contribution in [2.45, 2.75) is 4.90 Å². The van der Waals surface area contributed by atoms with Gasteiger partial charge in [0.1, 0.15) is 5.75 Å². The molecule has 2 aromatic carbocycles. The van der Waals surface area contributed by atoms with Crippen LogP contribution in [0, 0.1) is 0 Å². The van der Waals surface area contributed by atoms with Gasteiger partial charge in [0.15, 0.2) is 15.6 Å². The SMILES string of the molecule is O=C(/C=C/c1ccccc1)CS(=O)(=O)c1ccccc1. The molecule has 2 aromatic rings. The molecule has 0 bridgehead atoms. The summed E-state index contributed by atoms with van der Waals surface area (Å²) in [7, 11) is -3.56. The molecule has 3 nitrogen and oxygen atoms in total. The van der Waals surface area contributed by atoms with Crippen LogP contribution < -0.4 is 0 Å². The van der Waals surface area contributed by atoms with E-state index in [0.717, 1.165) is 5.56 Å². The zero-order valence-corrected chi connectivity index (χ0v) is 11.6. The summed E-state index contributed by atoms with van der Waals surface area (Å²) in [5, 5.41) is 0. The molecule has 20 heavy (non-hydrogen) atoms. The minimum absolute atomic E-state index is 0.168. The van der Waals surface area contributed by atoms with Gasteiger partial charge in [-0.1, -0.05) is 54.6 Å². The van der Waals surface area contributed by atoms with Crippen molar-refractivity contribution in [3.8, 4) is 0 Å². The molecule has 0 heterocycles. The molecule has 0 unspecified atom stereocenters. The lowest BCUT2D eigenvalue weighted by Gasteiger charge is -2.01. The molecule has 0 atom stereocenters. The molecule has 0 N–H and O–H groups in total. The number of benzene rings is 2. The quantitative estimate of drug-likeness (QED) is 0.794. The van der Waals surface area contributed by atoms with Gasteiger partial charge < -0.3 is 0 Å². The fourth-order valence-corrected chi connectivity index (χ4v) is 2.91. The minimum atomic E-state index is -3.56. The van der Waals surface area contributed by atoms with E-state index in [-0.39, 0.29) is 4.90 Å². The molecular weight excluding hydrogens is 272 g/mol. The topological polar surface area (TPSA) is 51.2 Å². The number of hydrogen-bond donors (Lipinski definition) is 0. The molecule has 0 aliphatic carbocycles. The zero-order valence-electron chi connectivity index (χ0n) is 10.8. The van der Waals surface area contributed by atoms with Crippen LogP contribution in [-0.4, -0.2) is 20.0 Å². The Hall–Kier alpha value is -2.20. The van der Waals surface area contributed by atoms with Gasteiger partial charge in [0.05, 0.1) is 4.90 Å². The summed E-state index contributed by atoms with van der Waals surface area (Å²) in [5.41, 5.74) is 0.859. The Morgan fingerprint density at radius 3 is 2.05 bits per heavy atom. The normalized spacial score (nSPS) is 11.6. The van der Waals surface area contributed by atoms with Crippen molar-refractivity contribution in [1.82, 2.24) is 0 Å². The molecular formula is C16H14O3S. The predicted octanol–water partition coefficient (Wildman–Crippen LogP) is 2.74. The van der Waals surface area contributed by atoms with Gasteiger partial charge in [-0.15, -0.1) is 0 Å². The highest BCUT2D eigenvalue weighted by molar-refractivity contribution is 7.92. The molecule has 0 saturated heterocycles. The number of ketones is 1. The van der Waals surface area contributed by atoms with Crippen LogP contribution in [0.15, 0.2) is 71.6 Å². The third-order valence-electron chi connectivity index (χ3n) is 2.70. The lowest BCUT2D eigenvalue weighted by atomic mass is 10.2. The van der Waals surface area contributed by atoms with Gasteiger partial charge in [0, 0.05) is 0 Å². The number of rotatable bonds is 5. The number of carbonyl (C=O) groups excluding carboxylic acids is 1. The van der Waals surface area contributed by atoms with Crippen molar-refractivity contribution in [3.63, 3.8) is 0 Å². The van der Waals surface area contributed by atoms with Crippen molar-refractivity contribution in [2.24, 2.45) is 0 Å². The molecule has 0 fully saturated rings. The lowest BCUT2D eigenvalue weighted by Crippen LogP contribution is -2.14. The highest BCUT2D eigenvalue weighted by Crippen LogP contribution is 2.10. The Morgan fingerprint density at radius 1 is 0.900 bits per heavy atom. The monoisotopic (exact) mass is 286 g/mol. The highest BCUT2D eigenvalue weighted by Gasteiger charge is 2.17. The second kappa shape index (κ2) is 6.30. The number of hydrogen-bond acceptors (Lipinski definition) is 3. The van der Waals surface area contributed by atoms with Gasteiger partial charge in [-0.2, -0.15) is 0 Å². The summed E-state index contributed by atoms with van der Waals surface area (Å²) in [6, 6.07) is 17.2. The number of carbonyl (C=O) groups is 1. The van der Waals surface area contributed by atoms with Gasteiger partial charge in [0.2, 0.25) is 0 Å².